The van der Waals surface area contributed by atoms with Gasteiger partial charge in [-0.05, 0) is 56.9 Å². The molecule has 0 N–H and O–H groups in total. The average Bonchev–Trinajstić information content (AvgIpc) is 3.51. The minimum atomic E-state index is 0.0177. The van der Waals surface area contributed by atoms with E-state index in [1.807, 2.05) is 37.1 Å². The fourth-order valence-electron chi connectivity index (χ4n) is 2.96. The van der Waals surface area contributed by atoms with Gasteiger partial charge in [0.25, 0.3) is 5.91 Å². The first-order valence-electron chi connectivity index (χ1n) is 9.16. The van der Waals surface area contributed by atoms with Crippen LogP contribution in [0.4, 0.5) is 0 Å². The van der Waals surface area contributed by atoms with Crippen molar-refractivity contribution >= 4 is 5.91 Å². The molecule has 1 fully saturated rings. The van der Waals surface area contributed by atoms with Crippen LogP contribution in [0.25, 0.3) is 0 Å². The lowest BCUT2D eigenvalue weighted by Gasteiger charge is -2.25. The molecule has 0 spiro atoms. The van der Waals surface area contributed by atoms with Crippen LogP contribution in [0.3, 0.4) is 0 Å². The summed E-state index contributed by atoms with van der Waals surface area (Å²) in [4.78, 5) is 18.7. The molecule has 2 aromatic rings. The highest BCUT2D eigenvalue weighted by Crippen LogP contribution is 2.35. The van der Waals surface area contributed by atoms with Crippen LogP contribution in [0.2, 0.25) is 0 Å². The van der Waals surface area contributed by atoms with Gasteiger partial charge in [0.2, 0.25) is 0 Å². The minimum Gasteiger partial charge on any atom is -0.490 e. The van der Waals surface area contributed by atoms with E-state index in [0.717, 1.165) is 5.56 Å². The minimum absolute atomic E-state index is 0.0177. The maximum absolute atomic E-state index is 12.8. The largest absolute Gasteiger partial charge is 0.490 e. The number of carbonyl (C=O) groups excluding carboxylic acids is 1. The van der Waals surface area contributed by atoms with Gasteiger partial charge in [0.1, 0.15) is 6.61 Å². The van der Waals surface area contributed by atoms with Crippen molar-refractivity contribution in [2.24, 2.45) is 5.92 Å². The molecule has 26 heavy (non-hydrogen) atoms. The van der Waals surface area contributed by atoms with Crippen molar-refractivity contribution in [1.29, 1.82) is 0 Å². The molecule has 1 aromatic heterocycles. The summed E-state index contributed by atoms with van der Waals surface area (Å²) < 4.78 is 11.6. The van der Waals surface area contributed by atoms with E-state index in [1.54, 1.807) is 24.5 Å². The second kappa shape index (κ2) is 8.21. The predicted octanol–water partition coefficient (Wildman–Crippen LogP) is 3.93. The molecule has 138 valence electrons. The third kappa shape index (κ3) is 4.34. The number of benzene rings is 1. The van der Waals surface area contributed by atoms with Crippen molar-refractivity contribution in [1.82, 2.24) is 9.88 Å². The van der Waals surface area contributed by atoms with Crippen LogP contribution in [-0.4, -0.2) is 35.5 Å². The number of nitrogens with zero attached hydrogens (tertiary/aromatic N) is 2. The van der Waals surface area contributed by atoms with Gasteiger partial charge < -0.3 is 14.4 Å². The summed E-state index contributed by atoms with van der Waals surface area (Å²) in [6.45, 7) is 4.94. The smallest absolute Gasteiger partial charge is 0.253 e. The van der Waals surface area contributed by atoms with E-state index >= 15 is 0 Å². The number of ether oxygens (including phenoxy) is 2. The molecule has 1 aliphatic rings. The molecule has 3 rings (SSSR count). The van der Waals surface area contributed by atoms with Crippen LogP contribution in [-0.2, 0) is 6.61 Å². The molecule has 0 bridgehead atoms. The van der Waals surface area contributed by atoms with Crippen LogP contribution in [0.1, 0.15) is 42.6 Å². The van der Waals surface area contributed by atoms with E-state index in [-0.39, 0.29) is 11.9 Å². The SMILES string of the molecule is CCOc1cc(C(=O)N(C)C(C)C2CC2)ccc1OCc1cccnc1. The molecular formula is C21H26N2O3. The highest BCUT2D eigenvalue weighted by atomic mass is 16.5. The molecule has 0 saturated heterocycles. The Bertz CT molecular complexity index is 744. The van der Waals surface area contributed by atoms with Gasteiger partial charge in [-0.15, -0.1) is 0 Å². The fourth-order valence-corrected chi connectivity index (χ4v) is 2.96. The van der Waals surface area contributed by atoms with Gasteiger partial charge in [-0.2, -0.15) is 0 Å². The van der Waals surface area contributed by atoms with Gasteiger partial charge in [0, 0.05) is 36.6 Å². The molecule has 1 unspecified atom stereocenters. The highest BCUT2D eigenvalue weighted by Gasteiger charge is 2.32. The van der Waals surface area contributed by atoms with Gasteiger partial charge in [-0.1, -0.05) is 6.07 Å². The number of hydrogen-bond acceptors (Lipinski definition) is 4. The van der Waals surface area contributed by atoms with Crippen LogP contribution in [0.15, 0.2) is 42.7 Å². The maximum Gasteiger partial charge on any atom is 0.253 e. The zero-order chi connectivity index (χ0) is 18.5. The molecule has 5 nitrogen and oxygen atoms in total. The Morgan fingerprint density at radius 3 is 2.73 bits per heavy atom. The standard InChI is InChI=1S/C21H26N2O3/c1-4-25-20-12-18(21(24)23(3)15(2)17-7-8-17)9-10-19(20)26-14-16-6-5-11-22-13-16/h5-6,9-13,15,17H,4,7-8,14H2,1-3H3. The van der Waals surface area contributed by atoms with Gasteiger partial charge >= 0.3 is 0 Å². The number of carbonyl (C=O) groups is 1. The summed E-state index contributed by atoms with van der Waals surface area (Å²) in [6.07, 6.45) is 5.93. The number of rotatable bonds is 8. The van der Waals surface area contributed by atoms with Crippen molar-refractivity contribution in [2.75, 3.05) is 13.7 Å². The van der Waals surface area contributed by atoms with E-state index in [4.69, 9.17) is 9.47 Å². The first-order chi connectivity index (χ1) is 12.6. The second-order valence-electron chi connectivity index (χ2n) is 6.74. The number of aromatic nitrogens is 1. The molecule has 1 saturated carbocycles. The summed E-state index contributed by atoms with van der Waals surface area (Å²) in [7, 11) is 1.87. The Balaban J connectivity index is 1.74. The molecule has 1 atom stereocenters. The first kappa shape index (κ1) is 18.2. The summed E-state index contributed by atoms with van der Waals surface area (Å²) >= 11 is 0. The maximum atomic E-state index is 12.8. The van der Waals surface area contributed by atoms with Crippen LogP contribution in [0, 0.1) is 5.92 Å². The molecule has 1 amide bonds. The zero-order valence-electron chi connectivity index (χ0n) is 15.6. The van der Waals surface area contributed by atoms with Gasteiger partial charge in [0.15, 0.2) is 11.5 Å². The van der Waals surface area contributed by atoms with Crippen molar-refractivity contribution in [3.8, 4) is 11.5 Å². The van der Waals surface area contributed by atoms with E-state index in [9.17, 15) is 4.79 Å². The molecule has 1 aliphatic carbocycles. The third-order valence-corrected chi connectivity index (χ3v) is 4.84. The topological polar surface area (TPSA) is 51.7 Å². The third-order valence-electron chi connectivity index (χ3n) is 4.84. The Labute approximate surface area is 155 Å². The van der Waals surface area contributed by atoms with Crippen molar-refractivity contribution in [3.05, 3.63) is 53.9 Å². The normalized spacial score (nSPS) is 14.6. The van der Waals surface area contributed by atoms with Gasteiger partial charge in [-0.25, -0.2) is 0 Å². The monoisotopic (exact) mass is 354 g/mol. The van der Waals surface area contributed by atoms with Crippen molar-refractivity contribution in [2.45, 2.75) is 39.3 Å². The lowest BCUT2D eigenvalue weighted by atomic mass is 10.1. The molecule has 1 aromatic carbocycles. The average molecular weight is 354 g/mol. The molecule has 0 aliphatic heterocycles. The van der Waals surface area contributed by atoms with Crippen molar-refractivity contribution in [3.63, 3.8) is 0 Å². The summed E-state index contributed by atoms with van der Waals surface area (Å²) in [5, 5.41) is 0. The van der Waals surface area contributed by atoms with Crippen LogP contribution < -0.4 is 9.47 Å². The Morgan fingerprint density at radius 2 is 2.08 bits per heavy atom. The Morgan fingerprint density at radius 1 is 1.27 bits per heavy atom. The number of pyridine rings is 1. The van der Waals surface area contributed by atoms with Gasteiger partial charge in [0.05, 0.1) is 6.61 Å². The highest BCUT2D eigenvalue weighted by molar-refractivity contribution is 5.95. The van der Waals surface area contributed by atoms with Crippen LogP contribution >= 0.6 is 0 Å². The van der Waals surface area contributed by atoms with E-state index in [0.29, 0.717) is 36.2 Å². The summed E-state index contributed by atoms with van der Waals surface area (Å²) in [6, 6.07) is 9.49. The Kier molecular flexibility index (Phi) is 5.76. The second-order valence-corrected chi connectivity index (χ2v) is 6.74. The summed E-state index contributed by atoms with van der Waals surface area (Å²) in [5.41, 5.74) is 1.60. The zero-order valence-corrected chi connectivity index (χ0v) is 15.6. The predicted molar refractivity (Wildman–Crippen MR) is 100 cm³/mol. The van der Waals surface area contributed by atoms with E-state index < -0.39 is 0 Å². The fraction of sp³-hybridized carbons (Fsp3) is 0.429. The van der Waals surface area contributed by atoms with Gasteiger partial charge in [-0.3, -0.25) is 9.78 Å². The van der Waals surface area contributed by atoms with E-state index in [1.165, 1.54) is 12.8 Å². The molecule has 1 heterocycles. The lowest BCUT2D eigenvalue weighted by molar-refractivity contribution is 0.0726. The van der Waals surface area contributed by atoms with E-state index in [2.05, 4.69) is 11.9 Å². The number of amides is 1. The first-order valence-corrected chi connectivity index (χ1v) is 9.16. The Hall–Kier alpha value is -2.56. The molecule has 5 heteroatoms. The molecular weight excluding hydrogens is 328 g/mol. The van der Waals surface area contributed by atoms with Crippen LogP contribution in [0.5, 0.6) is 11.5 Å². The molecule has 0 radical (unpaired) electrons. The summed E-state index contributed by atoms with van der Waals surface area (Å²) in [5.74, 6) is 1.88. The number of hydrogen-bond donors (Lipinski definition) is 0. The quantitative estimate of drug-likeness (QED) is 0.721. The lowest BCUT2D eigenvalue weighted by Crippen LogP contribution is -2.36. The van der Waals surface area contributed by atoms with Crippen molar-refractivity contribution < 1.29 is 14.3 Å².